The Bertz CT molecular complexity index is 505. The van der Waals surface area contributed by atoms with Crippen LogP contribution in [-0.4, -0.2) is 20.4 Å². The van der Waals surface area contributed by atoms with Gasteiger partial charge in [-0.2, -0.15) is 13.2 Å². The smallest absolute Gasteiger partial charge is 0.314 e. The Labute approximate surface area is 89.7 Å². The third kappa shape index (κ3) is 3.21. The monoisotopic (exact) mass is 256 g/mol. The van der Waals surface area contributed by atoms with E-state index in [0.29, 0.717) is 11.4 Å². The van der Waals surface area contributed by atoms with Gasteiger partial charge in [0.1, 0.15) is 5.82 Å². The average molecular weight is 256 g/mol. The van der Waals surface area contributed by atoms with Gasteiger partial charge in [-0.3, -0.25) is 0 Å². The average Bonchev–Trinajstić information content (AvgIpc) is 2.04. The maximum Gasteiger partial charge on any atom is 0.419 e. The van der Waals surface area contributed by atoms with Crippen LogP contribution >= 0.6 is 0 Å². The third-order valence-electron chi connectivity index (χ3n) is 1.68. The minimum Gasteiger partial charge on any atom is -0.314 e. The zero-order chi connectivity index (χ0) is 12.6. The quantitative estimate of drug-likeness (QED) is 0.618. The molecule has 0 spiro atoms. The lowest BCUT2D eigenvalue weighted by molar-refractivity contribution is -0.140. The van der Waals surface area contributed by atoms with Gasteiger partial charge in [-0.15, -0.1) is 0 Å². The summed E-state index contributed by atoms with van der Waals surface area (Å²) in [5.74, 6) is -1.54. The predicted molar refractivity (Wildman–Crippen MR) is 53.3 cm³/mol. The van der Waals surface area contributed by atoms with Gasteiger partial charge in [-0.25, -0.2) is 8.60 Å². The van der Waals surface area contributed by atoms with Crippen LogP contribution in [0.4, 0.5) is 17.6 Å². The lowest BCUT2D eigenvalue weighted by Gasteiger charge is -2.09. The van der Waals surface area contributed by atoms with E-state index in [-0.39, 0.29) is 0 Å². The summed E-state index contributed by atoms with van der Waals surface area (Å²) >= 11 is 0. The summed E-state index contributed by atoms with van der Waals surface area (Å²) in [6, 6.07) is 2.55. The molecule has 0 saturated heterocycles. The van der Waals surface area contributed by atoms with Crippen molar-refractivity contribution in [2.24, 2.45) is 0 Å². The minimum absolute atomic E-state index is 0.537. The summed E-state index contributed by atoms with van der Waals surface area (Å²) < 4.78 is 70.0. The Hall–Kier alpha value is -1.08. The van der Waals surface area contributed by atoms with Crippen molar-refractivity contribution in [3.05, 3.63) is 35.1 Å². The Kier molecular flexibility index (Phi) is 3.30. The highest BCUT2D eigenvalue weighted by Crippen LogP contribution is 2.31. The highest BCUT2D eigenvalue weighted by molar-refractivity contribution is 7.95. The van der Waals surface area contributed by atoms with Crippen molar-refractivity contribution in [1.82, 2.24) is 0 Å². The van der Waals surface area contributed by atoms with E-state index >= 15 is 0 Å². The molecule has 0 bridgehead atoms. The first kappa shape index (κ1) is 13.0. The summed E-state index contributed by atoms with van der Waals surface area (Å²) in [5.41, 5.74) is -1.99. The van der Waals surface area contributed by atoms with Gasteiger partial charge < -0.3 is 4.55 Å². The summed E-state index contributed by atoms with van der Waals surface area (Å²) in [7, 11) is -3.44. The van der Waals surface area contributed by atoms with E-state index in [0.717, 1.165) is 18.4 Å². The van der Waals surface area contributed by atoms with E-state index in [9.17, 15) is 21.8 Å². The number of halogens is 4. The highest BCUT2D eigenvalue weighted by Gasteiger charge is 2.34. The first-order valence-electron chi connectivity index (χ1n) is 4.03. The molecule has 0 aliphatic heterocycles. The second-order valence-electron chi connectivity index (χ2n) is 3.19. The molecular formula is C9H8F4O2S. The maximum absolute atomic E-state index is 13.3. The molecule has 0 radical (unpaired) electrons. The summed E-state index contributed by atoms with van der Waals surface area (Å²) in [4.78, 5) is 0. The van der Waals surface area contributed by atoms with E-state index in [2.05, 4.69) is 0 Å². The molecule has 1 aromatic carbocycles. The Morgan fingerprint density at radius 3 is 2.38 bits per heavy atom. The number of hydrogen-bond acceptors (Lipinski definition) is 1. The molecule has 0 heterocycles. The Morgan fingerprint density at radius 1 is 1.38 bits per heavy atom. The first-order valence-corrected chi connectivity index (χ1v) is 6.02. The van der Waals surface area contributed by atoms with Crippen molar-refractivity contribution >= 4 is 15.2 Å². The normalized spacial score (nSPS) is 15.6. The molecule has 1 atom stereocenters. The van der Waals surface area contributed by atoms with E-state index in [4.69, 9.17) is 4.55 Å². The van der Waals surface area contributed by atoms with Crippen molar-refractivity contribution in [2.45, 2.75) is 6.18 Å². The van der Waals surface area contributed by atoms with Crippen LogP contribution in [0.15, 0.2) is 18.2 Å². The first-order chi connectivity index (χ1) is 7.11. The zero-order valence-electron chi connectivity index (χ0n) is 8.08. The topological polar surface area (TPSA) is 37.3 Å². The maximum atomic E-state index is 13.3. The largest absolute Gasteiger partial charge is 0.419 e. The molecule has 0 aliphatic rings. The fraction of sp³-hybridized carbons (Fsp3) is 0.222. The molecule has 2 nitrogen and oxygen atoms in total. The second kappa shape index (κ2) is 4.06. The number of benzene rings is 1. The van der Waals surface area contributed by atoms with Crippen molar-refractivity contribution in [1.29, 1.82) is 0 Å². The molecule has 7 heteroatoms. The van der Waals surface area contributed by atoms with Gasteiger partial charge in [-0.1, -0.05) is 12.1 Å². The standard InChI is InChI=1S/C9H8F4O2S/c1-16(14,15)5-6-3-2-4-7(8(6)10)9(11,12)13/h2-5H,1H3,(H,14,15). The molecule has 16 heavy (non-hydrogen) atoms. The Morgan fingerprint density at radius 2 is 1.94 bits per heavy atom. The second-order valence-corrected chi connectivity index (χ2v) is 5.14. The van der Waals surface area contributed by atoms with Crippen LogP contribution in [0.25, 0.3) is 0 Å². The van der Waals surface area contributed by atoms with E-state index in [1.54, 1.807) is 0 Å². The fourth-order valence-corrected chi connectivity index (χ4v) is 1.75. The lowest BCUT2D eigenvalue weighted by Crippen LogP contribution is -2.11. The molecular weight excluding hydrogens is 248 g/mol. The van der Waals surface area contributed by atoms with Gasteiger partial charge in [0.25, 0.3) is 0 Å². The van der Waals surface area contributed by atoms with Crippen LogP contribution < -0.4 is 0 Å². The van der Waals surface area contributed by atoms with Crippen molar-refractivity contribution in [3.63, 3.8) is 0 Å². The van der Waals surface area contributed by atoms with Gasteiger partial charge in [0.05, 0.1) is 15.4 Å². The molecule has 0 aromatic heterocycles. The van der Waals surface area contributed by atoms with Crippen LogP contribution in [-0.2, 0) is 16.0 Å². The summed E-state index contributed by atoms with van der Waals surface area (Å²) in [6.07, 6.45) is -3.94. The Balaban J connectivity index is 3.43. The van der Waals surface area contributed by atoms with Crippen molar-refractivity contribution in [3.8, 4) is 0 Å². The fourth-order valence-electron chi connectivity index (χ4n) is 1.10. The number of alkyl halides is 3. The predicted octanol–water partition coefficient (Wildman–Crippen LogP) is 2.38. The SMILES string of the molecule is CS(=O)(O)=Cc1cccc(C(F)(F)F)c1F. The van der Waals surface area contributed by atoms with Crippen LogP contribution in [0.3, 0.4) is 0 Å². The van der Waals surface area contributed by atoms with Gasteiger partial charge in [0, 0.05) is 17.2 Å². The molecule has 0 saturated carbocycles. The van der Waals surface area contributed by atoms with E-state index in [1.807, 2.05) is 0 Å². The lowest BCUT2D eigenvalue weighted by atomic mass is 10.1. The van der Waals surface area contributed by atoms with Gasteiger partial charge in [-0.05, 0) is 6.07 Å². The molecule has 1 N–H and O–H groups in total. The summed E-state index contributed by atoms with van der Waals surface area (Å²) in [6.45, 7) is 0. The van der Waals surface area contributed by atoms with Crippen LogP contribution in [0.1, 0.15) is 11.1 Å². The van der Waals surface area contributed by atoms with Gasteiger partial charge in [0.15, 0.2) is 0 Å². The summed E-state index contributed by atoms with van der Waals surface area (Å²) in [5, 5.41) is 0.567. The highest BCUT2D eigenvalue weighted by atomic mass is 32.2. The van der Waals surface area contributed by atoms with Crippen LogP contribution in [0.2, 0.25) is 0 Å². The van der Waals surface area contributed by atoms with E-state index < -0.39 is 32.9 Å². The molecule has 1 unspecified atom stereocenters. The zero-order valence-corrected chi connectivity index (χ0v) is 8.90. The molecule has 1 aromatic rings. The number of hydrogen-bond donors (Lipinski definition) is 1. The van der Waals surface area contributed by atoms with Gasteiger partial charge in [0.2, 0.25) is 0 Å². The molecule has 0 amide bonds. The molecule has 90 valence electrons. The van der Waals surface area contributed by atoms with Crippen molar-refractivity contribution < 1.29 is 26.3 Å². The van der Waals surface area contributed by atoms with Crippen LogP contribution in [0.5, 0.6) is 0 Å². The third-order valence-corrected chi connectivity index (χ3v) is 2.37. The molecule has 0 fully saturated rings. The minimum atomic E-state index is -4.82. The van der Waals surface area contributed by atoms with E-state index in [1.165, 1.54) is 0 Å². The molecule has 1 rings (SSSR count). The number of rotatable bonds is 1. The molecule has 0 aliphatic carbocycles. The van der Waals surface area contributed by atoms with Gasteiger partial charge >= 0.3 is 6.18 Å². The van der Waals surface area contributed by atoms with Crippen molar-refractivity contribution in [2.75, 3.05) is 6.26 Å². The van der Waals surface area contributed by atoms with Crippen LogP contribution in [0, 0.1) is 5.82 Å².